The lowest BCUT2D eigenvalue weighted by Gasteiger charge is -2.36. The second kappa shape index (κ2) is 10.1. The number of anilines is 1. The minimum Gasteiger partial charge on any atom is -0.497 e. The van der Waals surface area contributed by atoms with Gasteiger partial charge in [0.1, 0.15) is 11.5 Å². The summed E-state index contributed by atoms with van der Waals surface area (Å²) in [6.07, 6.45) is 2.27. The Morgan fingerprint density at radius 3 is 2.53 bits per heavy atom. The lowest BCUT2D eigenvalue weighted by atomic mass is 9.93. The number of thioether (sulfide) groups is 1. The molecular formula is C27H28N4O4S. The number of hydrogen-bond donors (Lipinski definition) is 2. The first kappa shape index (κ1) is 24.0. The summed E-state index contributed by atoms with van der Waals surface area (Å²) in [4.78, 5) is 33.2. The molecule has 2 aromatic rings. The summed E-state index contributed by atoms with van der Waals surface area (Å²) in [5.41, 5.74) is 3.48. The SMILES string of the molecule is COc1ccc(NC(=O)C2=C(C)N=C3SC=C(CC(=O)NC4CC4)N3[C@@H]2c2cccc(OC)c2)cc1. The molecule has 1 aliphatic carbocycles. The van der Waals surface area contributed by atoms with Crippen LogP contribution >= 0.6 is 11.8 Å². The van der Waals surface area contributed by atoms with Crippen molar-refractivity contribution in [3.8, 4) is 11.5 Å². The van der Waals surface area contributed by atoms with Gasteiger partial charge in [-0.1, -0.05) is 23.9 Å². The fourth-order valence-electron chi connectivity index (χ4n) is 4.33. The van der Waals surface area contributed by atoms with Gasteiger partial charge in [-0.3, -0.25) is 9.59 Å². The molecule has 8 nitrogen and oxygen atoms in total. The van der Waals surface area contributed by atoms with Crippen LogP contribution in [0.4, 0.5) is 5.69 Å². The van der Waals surface area contributed by atoms with E-state index in [-0.39, 0.29) is 24.3 Å². The number of methoxy groups -OCH3 is 2. The smallest absolute Gasteiger partial charge is 0.255 e. The Labute approximate surface area is 214 Å². The molecule has 1 saturated carbocycles. The van der Waals surface area contributed by atoms with Crippen LogP contribution in [0.5, 0.6) is 11.5 Å². The van der Waals surface area contributed by atoms with Gasteiger partial charge in [-0.15, -0.1) is 0 Å². The zero-order valence-corrected chi connectivity index (χ0v) is 21.2. The first-order valence-electron chi connectivity index (χ1n) is 11.8. The average Bonchev–Trinajstić information content (AvgIpc) is 3.62. The molecule has 2 aromatic carbocycles. The largest absolute Gasteiger partial charge is 0.497 e. The number of nitrogens with one attached hydrogen (secondary N) is 2. The minimum absolute atomic E-state index is 0.0227. The highest BCUT2D eigenvalue weighted by Crippen LogP contribution is 2.45. The third kappa shape index (κ3) is 4.97. The zero-order chi connectivity index (χ0) is 25.2. The Morgan fingerprint density at radius 2 is 1.83 bits per heavy atom. The molecule has 1 atom stereocenters. The van der Waals surface area contributed by atoms with Gasteiger partial charge >= 0.3 is 0 Å². The lowest BCUT2D eigenvalue weighted by Crippen LogP contribution is -2.39. The summed E-state index contributed by atoms with van der Waals surface area (Å²) < 4.78 is 10.7. The highest BCUT2D eigenvalue weighted by Gasteiger charge is 2.41. The Bertz CT molecular complexity index is 1280. The Balaban J connectivity index is 1.50. The number of aliphatic imine (C=N–C) groups is 1. The lowest BCUT2D eigenvalue weighted by molar-refractivity contribution is -0.120. The van der Waals surface area contributed by atoms with E-state index in [1.165, 1.54) is 11.8 Å². The average molecular weight is 505 g/mol. The van der Waals surface area contributed by atoms with Gasteiger partial charge in [0, 0.05) is 17.4 Å². The molecule has 0 radical (unpaired) electrons. The summed E-state index contributed by atoms with van der Waals surface area (Å²) in [5, 5.41) is 8.76. The highest BCUT2D eigenvalue weighted by molar-refractivity contribution is 8.16. The Morgan fingerprint density at radius 1 is 1.08 bits per heavy atom. The van der Waals surface area contributed by atoms with Crippen molar-refractivity contribution in [2.45, 2.75) is 38.3 Å². The second-order valence-electron chi connectivity index (χ2n) is 8.87. The minimum atomic E-state index is -0.471. The molecule has 0 bridgehead atoms. The van der Waals surface area contributed by atoms with Gasteiger partial charge in [-0.2, -0.15) is 0 Å². The zero-order valence-electron chi connectivity index (χ0n) is 20.4. The molecule has 0 saturated heterocycles. The van der Waals surface area contributed by atoms with Crippen LogP contribution in [0.2, 0.25) is 0 Å². The summed E-state index contributed by atoms with van der Waals surface area (Å²) >= 11 is 1.47. The van der Waals surface area contributed by atoms with Crippen LogP contribution in [0, 0.1) is 0 Å². The standard InChI is InChI=1S/C27H28N4O4S/c1-16-24(26(33)30-19-9-11-21(34-2)12-10-19)25(17-5-4-6-22(13-17)35-3)31-20(15-36-27(31)28-16)14-23(32)29-18-7-8-18/h4-6,9-13,15,18,25H,7-8,14H2,1-3H3,(H,29,32)(H,30,33)/t25-/m1/s1. The maximum atomic E-state index is 13.7. The topological polar surface area (TPSA) is 92.3 Å². The van der Waals surface area contributed by atoms with Crippen molar-refractivity contribution in [3.05, 3.63) is 76.5 Å². The van der Waals surface area contributed by atoms with Crippen LogP contribution in [0.1, 0.15) is 37.8 Å². The fourth-order valence-corrected chi connectivity index (χ4v) is 5.29. The predicted octanol–water partition coefficient (Wildman–Crippen LogP) is 4.59. The molecule has 3 aliphatic rings. The molecule has 2 N–H and O–H groups in total. The Hall–Kier alpha value is -3.72. The van der Waals surface area contributed by atoms with Crippen molar-refractivity contribution in [1.82, 2.24) is 10.2 Å². The number of carbonyl (C=O) groups excluding carboxylic acids is 2. The number of rotatable bonds is 8. The third-order valence-corrected chi connectivity index (χ3v) is 7.18. The highest BCUT2D eigenvalue weighted by atomic mass is 32.2. The van der Waals surface area contributed by atoms with Gasteiger partial charge in [0.05, 0.1) is 38.0 Å². The van der Waals surface area contributed by atoms with Gasteiger partial charge in [0.2, 0.25) is 5.91 Å². The maximum absolute atomic E-state index is 13.7. The van der Waals surface area contributed by atoms with Gasteiger partial charge in [0.15, 0.2) is 5.17 Å². The van der Waals surface area contributed by atoms with Crippen LogP contribution in [0.3, 0.4) is 0 Å². The quantitative estimate of drug-likeness (QED) is 0.547. The van der Waals surface area contributed by atoms with Gasteiger partial charge in [-0.25, -0.2) is 4.99 Å². The van der Waals surface area contributed by atoms with Crippen molar-refractivity contribution in [3.63, 3.8) is 0 Å². The number of amidine groups is 1. The van der Waals surface area contributed by atoms with Gasteiger partial charge in [0.25, 0.3) is 5.91 Å². The molecule has 0 spiro atoms. The maximum Gasteiger partial charge on any atom is 0.255 e. The molecule has 2 aliphatic heterocycles. The van der Waals surface area contributed by atoms with E-state index < -0.39 is 6.04 Å². The van der Waals surface area contributed by atoms with E-state index >= 15 is 0 Å². The molecule has 36 heavy (non-hydrogen) atoms. The van der Waals surface area contributed by atoms with E-state index in [9.17, 15) is 9.59 Å². The molecule has 1 fully saturated rings. The van der Waals surface area contributed by atoms with Crippen LogP contribution in [-0.4, -0.2) is 42.1 Å². The van der Waals surface area contributed by atoms with E-state index in [1.807, 2.05) is 41.5 Å². The molecule has 2 amide bonds. The number of carbonyl (C=O) groups is 2. The fraction of sp³-hybridized carbons (Fsp3) is 0.296. The summed E-state index contributed by atoms with van der Waals surface area (Å²) in [6, 6.07) is 14.7. The Kier molecular flexibility index (Phi) is 6.73. The molecule has 0 aromatic heterocycles. The molecule has 2 heterocycles. The van der Waals surface area contributed by atoms with E-state index in [0.29, 0.717) is 28.5 Å². The van der Waals surface area contributed by atoms with Crippen LogP contribution < -0.4 is 20.1 Å². The van der Waals surface area contributed by atoms with Gasteiger partial charge < -0.3 is 25.0 Å². The van der Waals surface area contributed by atoms with Crippen LogP contribution in [0.15, 0.2) is 75.9 Å². The number of ether oxygens (including phenoxy) is 2. The summed E-state index contributed by atoms with van der Waals surface area (Å²) in [5.74, 6) is 1.11. The van der Waals surface area contributed by atoms with E-state index in [4.69, 9.17) is 14.5 Å². The number of hydrogen-bond acceptors (Lipinski definition) is 7. The van der Waals surface area contributed by atoms with Crippen molar-refractivity contribution >= 4 is 34.4 Å². The first-order chi connectivity index (χ1) is 17.5. The number of benzene rings is 2. The van der Waals surface area contributed by atoms with E-state index in [2.05, 4.69) is 10.6 Å². The second-order valence-corrected chi connectivity index (χ2v) is 9.71. The number of allylic oxidation sites excluding steroid dienone is 1. The molecule has 9 heteroatoms. The van der Waals surface area contributed by atoms with E-state index in [0.717, 1.165) is 29.3 Å². The number of nitrogens with zero attached hydrogens (tertiary/aromatic N) is 2. The van der Waals surface area contributed by atoms with Crippen LogP contribution in [-0.2, 0) is 9.59 Å². The van der Waals surface area contributed by atoms with Crippen molar-refractivity contribution < 1.29 is 19.1 Å². The number of amides is 2. The van der Waals surface area contributed by atoms with Gasteiger partial charge in [-0.05, 0) is 67.1 Å². The third-order valence-electron chi connectivity index (χ3n) is 6.29. The summed E-state index contributed by atoms with van der Waals surface area (Å²) in [7, 11) is 3.21. The van der Waals surface area contributed by atoms with E-state index in [1.54, 1.807) is 38.5 Å². The monoisotopic (exact) mass is 504 g/mol. The van der Waals surface area contributed by atoms with Crippen LogP contribution in [0.25, 0.3) is 0 Å². The predicted molar refractivity (Wildman–Crippen MR) is 141 cm³/mol. The first-order valence-corrected chi connectivity index (χ1v) is 12.7. The number of fused-ring (bicyclic) bond motifs is 1. The molecule has 0 unspecified atom stereocenters. The van der Waals surface area contributed by atoms with Crippen molar-refractivity contribution in [2.24, 2.45) is 4.99 Å². The molecule has 5 rings (SSSR count). The molecular weight excluding hydrogens is 476 g/mol. The van der Waals surface area contributed by atoms with Crippen molar-refractivity contribution in [1.29, 1.82) is 0 Å². The summed E-state index contributed by atoms with van der Waals surface area (Å²) in [6.45, 7) is 1.85. The molecule has 186 valence electrons. The normalized spacial score (nSPS) is 18.8. The van der Waals surface area contributed by atoms with Crippen molar-refractivity contribution in [2.75, 3.05) is 19.5 Å².